The Morgan fingerprint density at radius 1 is 0.917 bits per heavy atom. The molecule has 1 aliphatic heterocycles. The lowest BCUT2D eigenvalue weighted by molar-refractivity contribution is 0.0680. The summed E-state index contributed by atoms with van der Waals surface area (Å²) in [5, 5.41) is 6.65. The van der Waals surface area contributed by atoms with Crippen molar-refractivity contribution in [3.63, 3.8) is 0 Å². The number of amides is 1. The third-order valence-electron chi connectivity index (χ3n) is 6.90. The van der Waals surface area contributed by atoms with E-state index in [4.69, 9.17) is 19.3 Å². The molecule has 36 heavy (non-hydrogen) atoms. The summed E-state index contributed by atoms with van der Waals surface area (Å²) in [6, 6.07) is 23.6. The van der Waals surface area contributed by atoms with E-state index in [0.717, 1.165) is 36.1 Å². The number of rotatable bonds is 6. The van der Waals surface area contributed by atoms with Crippen LogP contribution < -0.4 is 14.2 Å². The highest BCUT2D eigenvalue weighted by atomic mass is 16.5. The molecule has 6 nitrogen and oxygen atoms in total. The fourth-order valence-corrected chi connectivity index (χ4v) is 5.24. The molecule has 5 rings (SSSR count). The van der Waals surface area contributed by atoms with Crippen LogP contribution in [0, 0.1) is 5.92 Å². The number of methoxy groups -OCH3 is 3. The molecule has 1 aliphatic carbocycles. The molecule has 3 aromatic rings. The van der Waals surface area contributed by atoms with E-state index in [9.17, 15) is 4.79 Å². The van der Waals surface area contributed by atoms with Gasteiger partial charge in [-0.2, -0.15) is 5.10 Å². The first-order chi connectivity index (χ1) is 17.6. The van der Waals surface area contributed by atoms with Gasteiger partial charge in [0.05, 0.1) is 33.1 Å². The standard InChI is InChI=1S/C30H30N2O4/c1-34-25-18-23(19-26(35-2)29(25)36-3)30(33)32-28(21-13-8-5-9-14-21)24-16-10-15-22(27(24)31-32)17-20-11-6-4-7-12-20/h4-9,11-14,17-19,24,28H,10,15-16H2,1-3H3/b22-17+. The number of allylic oxidation sites excluding steroid dienone is 1. The zero-order valence-corrected chi connectivity index (χ0v) is 20.8. The lowest BCUT2D eigenvalue weighted by Crippen LogP contribution is -2.32. The van der Waals surface area contributed by atoms with Gasteiger partial charge in [-0.3, -0.25) is 4.79 Å². The Labute approximate surface area is 211 Å². The minimum absolute atomic E-state index is 0.127. The zero-order valence-electron chi connectivity index (χ0n) is 20.8. The smallest absolute Gasteiger partial charge is 0.274 e. The normalized spacial score (nSPS) is 20.0. The molecule has 6 heteroatoms. The van der Waals surface area contributed by atoms with Crippen molar-refractivity contribution in [3.8, 4) is 17.2 Å². The van der Waals surface area contributed by atoms with Crippen molar-refractivity contribution in [1.29, 1.82) is 0 Å². The second-order valence-corrected chi connectivity index (χ2v) is 8.98. The Morgan fingerprint density at radius 2 is 1.56 bits per heavy atom. The molecule has 0 N–H and O–H groups in total. The summed E-state index contributed by atoms with van der Waals surface area (Å²) in [5.41, 5.74) is 4.84. The lowest BCUT2D eigenvalue weighted by atomic mass is 9.77. The first-order valence-electron chi connectivity index (χ1n) is 12.2. The molecule has 1 amide bonds. The van der Waals surface area contributed by atoms with Gasteiger partial charge in [-0.25, -0.2) is 5.01 Å². The van der Waals surface area contributed by atoms with Crippen LogP contribution in [0.5, 0.6) is 17.2 Å². The van der Waals surface area contributed by atoms with E-state index in [1.54, 1.807) is 38.5 Å². The summed E-state index contributed by atoms with van der Waals surface area (Å²) >= 11 is 0. The Bertz CT molecular complexity index is 1280. The number of fused-ring (bicyclic) bond motifs is 1. The third kappa shape index (κ3) is 4.35. The van der Waals surface area contributed by atoms with Gasteiger partial charge in [0, 0.05) is 11.5 Å². The summed E-state index contributed by atoms with van der Waals surface area (Å²) in [7, 11) is 4.64. The van der Waals surface area contributed by atoms with Crippen LogP contribution in [0.15, 0.2) is 83.5 Å². The van der Waals surface area contributed by atoms with Crippen molar-refractivity contribution < 1.29 is 19.0 Å². The molecule has 2 unspecified atom stereocenters. The predicted octanol–water partition coefficient (Wildman–Crippen LogP) is 6.15. The topological polar surface area (TPSA) is 60.4 Å². The highest BCUT2D eigenvalue weighted by Gasteiger charge is 2.44. The van der Waals surface area contributed by atoms with Crippen LogP contribution in [0.4, 0.5) is 0 Å². The second-order valence-electron chi connectivity index (χ2n) is 8.98. The molecule has 0 radical (unpaired) electrons. The number of hydrogen-bond acceptors (Lipinski definition) is 5. The Morgan fingerprint density at radius 3 is 2.17 bits per heavy atom. The van der Waals surface area contributed by atoms with Crippen LogP contribution in [-0.4, -0.2) is 38.0 Å². The van der Waals surface area contributed by atoms with Gasteiger partial charge in [0.2, 0.25) is 5.75 Å². The Hall–Kier alpha value is -4.06. The van der Waals surface area contributed by atoms with E-state index in [1.165, 1.54) is 5.57 Å². The van der Waals surface area contributed by atoms with Gasteiger partial charge in [-0.1, -0.05) is 60.7 Å². The molecule has 1 fully saturated rings. The Kier molecular flexibility index (Phi) is 6.76. The maximum Gasteiger partial charge on any atom is 0.274 e. The summed E-state index contributed by atoms with van der Waals surface area (Å²) in [6.45, 7) is 0. The van der Waals surface area contributed by atoms with Crippen molar-refractivity contribution >= 4 is 17.7 Å². The van der Waals surface area contributed by atoms with E-state index in [0.29, 0.717) is 22.8 Å². The molecule has 0 bridgehead atoms. The monoisotopic (exact) mass is 482 g/mol. The number of benzene rings is 3. The highest BCUT2D eigenvalue weighted by Crippen LogP contribution is 2.46. The summed E-state index contributed by atoms with van der Waals surface area (Å²) in [5.74, 6) is 1.24. The summed E-state index contributed by atoms with van der Waals surface area (Å²) < 4.78 is 16.4. The zero-order chi connectivity index (χ0) is 25.1. The highest BCUT2D eigenvalue weighted by molar-refractivity contribution is 6.09. The van der Waals surface area contributed by atoms with Crippen LogP contribution >= 0.6 is 0 Å². The van der Waals surface area contributed by atoms with E-state index in [2.05, 4.69) is 30.3 Å². The lowest BCUT2D eigenvalue weighted by Gasteiger charge is -2.29. The van der Waals surface area contributed by atoms with Crippen LogP contribution in [0.2, 0.25) is 0 Å². The number of nitrogens with zero attached hydrogens (tertiary/aromatic N) is 2. The number of ether oxygens (including phenoxy) is 3. The molecular formula is C30H30N2O4. The van der Waals surface area contributed by atoms with E-state index >= 15 is 0 Å². The van der Waals surface area contributed by atoms with Crippen molar-refractivity contribution in [1.82, 2.24) is 5.01 Å². The van der Waals surface area contributed by atoms with Gasteiger partial charge < -0.3 is 14.2 Å². The molecule has 0 spiro atoms. The van der Waals surface area contributed by atoms with Crippen molar-refractivity contribution in [2.45, 2.75) is 25.3 Å². The van der Waals surface area contributed by atoms with Gasteiger partial charge in [0.15, 0.2) is 11.5 Å². The van der Waals surface area contributed by atoms with E-state index in [1.807, 2.05) is 36.4 Å². The predicted molar refractivity (Wildman–Crippen MR) is 141 cm³/mol. The van der Waals surface area contributed by atoms with Gasteiger partial charge in [-0.05, 0) is 54.2 Å². The quantitative estimate of drug-likeness (QED) is 0.423. The molecule has 1 saturated carbocycles. The minimum atomic E-state index is -0.205. The minimum Gasteiger partial charge on any atom is -0.493 e. The fourth-order valence-electron chi connectivity index (χ4n) is 5.24. The first-order valence-corrected chi connectivity index (χ1v) is 12.2. The average Bonchev–Trinajstić information content (AvgIpc) is 3.33. The first kappa shape index (κ1) is 23.7. The van der Waals surface area contributed by atoms with Crippen molar-refractivity contribution in [2.24, 2.45) is 11.0 Å². The van der Waals surface area contributed by atoms with Crippen LogP contribution in [0.1, 0.15) is 46.8 Å². The van der Waals surface area contributed by atoms with Gasteiger partial charge >= 0.3 is 0 Å². The van der Waals surface area contributed by atoms with Crippen LogP contribution in [-0.2, 0) is 0 Å². The molecule has 0 aromatic heterocycles. The number of hydrogen-bond donors (Lipinski definition) is 0. The summed E-state index contributed by atoms with van der Waals surface area (Å²) in [6.07, 6.45) is 5.18. The molecule has 2 aliphatic rings. The molecule has 2 atom stereocenters. The number of carbonyl (C=O) groups is 1. The maximum absolute atomic E-state index is 14.0. The van der Waals surface area contributed by atoms with Crippen LogP contribution in [0.3, 0.4) is 0 Å². The van der Waals surface area contributed by atoms with E-state index in [-0.39, 0.29) is 17.9 Å². The molecule has 3 aromatic carbocycles. The van der Waals surface area contributed by atoms with Crippen LogP contribution in [0.25, 0.3) is 6.08 Å². The molecule has 0 saturated heterocycles. The maximum atomic E-state index is 14.0. The number of hydrazone groups is 1. The molecule has 184 valence electrons. The number of carbonyl (C=O) groups excluding carboxylic acids is 1. The second kappa shape index (κ2) is 10.3. The third-order valence-corrected chi connectivity index (χ3v) is 6.90. The average molecular weight is 483 g/mol. The summed E-state index contributed by atoms with van der Waals surface area (Å²) in [4.78, 5) is 14.0. The Balaban J connectivity index is 1.60. The largest absolute Gasteiger partial charge is 0.493 e. The van der Waals surface area contributed by atoms with Crippen molar-refractivity contribution in [2.75, 3.05) is 21.3 Å². The van der Waals surface area contributed by atoms with Crippen molar-refractivity contribution in [3.05, 3.63) is 95.1 Å². The van der Waals surface area contributed by atoms with Gasteiger partial charge in [0.1, 0.15) is 0 Å². The van der Waals surface area contributed by atoms with E-state index < -0.39 is 0 Å². The SMILES string of the molecule is COc1cc(C(=O)N2N=C3/C(=C/c4ccccc4)CCCC3C2c2ccccc2)cc(OC)c1OC. The molecule has 1 heterocycles. The van der Waals surface area contributed by atoms with Gasteiger partial charge in [0.25, 0.3) is 5.91 Å². The fraction of sp³-hybridized carbons (Fsp3) is 0.267. The van der Waals surface area contributed by atoms with Gasteiger partial charge in [-0.15, -0.1) is 0 Å². The molecular weight excluding hydrogens is 452 g/mol.